The Balaban J connectivity index is 0.00000320. The van der Waals surface area contributed by atoms with Crippen molar-refractivity contribution in [2.24, 2.45) is 12.0 Å². The lowest BCUT2D eigenvalue weighted by atomic mass is 10.0. The average molecular weight is 539 g/mol. The molecule has 0 aliphatic carbocycles. The SMILES string of the molecule is CN=C(NCc1ccc(N2CCOCC2)cc1C(F)(F)F)NCc1ncnn1C.I. The number of morpholine rings is 1. The van der Waals surface area contributed by atoms with Crippen molar-refractivity contribution in [3.63, 3.8) is 0 Å². The van der Waals surface area contributed by atoms with Crippen LogP contribution in [0.3, 0.4) is 0 Å². The van der Waals surface area contributed by atoms with Gasteiger partial charge in [0, 0.05) is 39.4 Å². The van der Waals surface area contributed by atoms with E-state index in [1.165, 1.54) is 18.5 Å². The molecule has 3 rings (SSSR count). The second kappa shape index (κ2) is 10.8. The fraction of sp³-hybridized carbons (Fsp3) is 0.500. The summed E-state index contributed by atoms with van der Waals surface area (Å²) in [5.74, 6) is 1.05. The number of nitrogens with zero attached hydrogens (tertiary/aromatic N) is 5. The van der Waals surface area contributed by atoms with Gasteiger partial charge in [0.25, 0.3) is 0 Å². The zero-order valence-electron chi connectivity index (χ0n) is 16.7. The molecule has 1 saturated heterocycles. The molecular formula is C18H25F3IN7O. The molecule has 1 aliphatic rings. The highest BCUT2D eigenvalue weighted by Gasteiger charge is 2.34. The second-order valence-electron chi connectivity index (χ2n) is 6.52. The summed E-state index contributed by atoms with van der Waals surface area (Å²) in [6, 6.07) is 4.43. The zero-order chi connectivity index (χ0) is 20.9. The fourth-order valence-electron chi connectivity index (χ4n) is 3.04. The maximum atomic E-state index is 13.6. The number of guanidine groups is 1. The van der Waals surface area contributed by atoms with Crippen LogP contribution in [0.1, 0.15) is 17.0 Å². The predicted molar refractivity (Wildman–Crippen MR) is 118 cm³/mol. The largest absolute Gasteiger partial charge is 0.416 e. The minimum absolute atomic E-state index is 0. The molecule has 166 valence electrons. The fourth-order valence-corrected chi connectivity index (χ4v) is 3.04. The van der Waals surface area contributed by atoms with Crippen LogP contribution in [0.2, 0.25) is 0 Å². The van der Waals surface area contributed by atoms with E-state index in [1.807, 2.05) is 4.90 Å². The van der Waals surface area contributed by atoms with E-state index < -0.39 is 11.7 Å². The molecule has 0 radical (unpaired) electrons. The van der Waals surface area contributed by atoms with Gasteiger partial charge in [0.2, 0.25) is 0 Å². The quantitative estimate of drug-likeness (QED) is 0.345. The Bertz CT molecular complexity index is 851. The van der Waals surface area contributed by atoms with Crippen molar-refractivity contribution >= 4 is 35.6 Å². The van der Waals surface area contributed by atoms with Crippen molar-refractivity contribution in [1.82, 2.24) is 25.4 Å². The first-order chi connectivity index (χ1) is 13.9. The molecule has 0 spiro atoms. The third kappa shape index (κ3) is 6.20. The standard InChI is InChI=1S/C18H24F3N7O.HI/c1-22-17(24-11-16-25-12-26-27(16)2)23-10-13-3-4-14(9-15(13)18(19,20)21)28-5-7-29-8-6-28;/h3-4,9,12H,5-8,10-11H2,1-2H3,(H2,22,23,24);1H. The van der Waals surface area contributed by atoms with Crippen molar-refractivity contribution in [3.05, 3.63) is 41.5 Å². The van der Waals surface area contributed by atoms with E-state index >= 15 is 0 Å². The van der Waals surface area contributed by atoms with Crippen molar-refractivity contribution in [3.8, 4) is 0 Å². The number of nitrogens with one attached hydrogen (secondary N) is 2. The van der Waals surface area contributed by atoms with Crippen LogP contribution in [0.15, 0.2) is 29.5 Å². The van der Waals surface area contributed by atoms with Gasteiger partial charge >= 0.3 is 6.18 Å². The molecule has 2 N–H and O–H groups in total. The molecule has 0 amide bonds. The molecular weight excluding hydrogens is 514 g/mol. The van der Waals surface area contributed by atoms with Crippen LogP contribution >= 0.6 is 24.0 Å². The maximum Gasteiger partial charge on any atom is 0.416 e. The van der Waals surface area contributed by atoms with Crippen LogP contribution in [-0.4, -0.2) is 54.1 Å². The minimum atomic E-state index is -4.45. The summed E-state index contributed by atoms with van der Waals surface area (Å²) in [6.07, 6.45) is -3.02. The lowest BCUT2D eigenvalue weighted by Crippen LogP contribution is -2.37. The summed E-state index contributed by atoms with van der Waals surface area (Å²) in [5, 5.41) is 9.91. The Morgan fingerprint density at radius 2 is 1.90 bits per heavy atom. The van der Waals surface area contributed by atoms with E-state index in [2.05, 4.69) is 25.7 Å². The first kappa shape index (κ1) is 24.2. The van der Waals surface area contributed by atoms with Crippen molar-refractivity contribution in [2.45, 2.75) is 19.3 Å². The number of halogens is 4. The van der Waals surface area contributed by atoms with Crippen LogP contribution in [0, 0.1) is 0 Å². The molecule has 1 aromatic heterocycles. The molecule has 2 heterocycles. The highest BCUT2D eigenvalue weighted by Crippen LogP contribution is 2.35. The number of hydrogen-bond acceptors (Lipinski definition) is 5. The number of anilines is 1. The monoisotopic (exact) mass is 539 g/mol. The van der Waals surface area contributed by atoms with Crippen molar-refractivity contribution < 1.29 is 17.9 Å². The van der Waals surface area contributed by atoms with Crippen LogP contribution in [0.25, 0.3) is 0 Å². The molecule has 0 unspecified atom stereocenters. The van der Waals surface area contributed by atoms with E-state index in [9.17, 15) is 13.2 Å². The first-order valence-corrected chi connectivity index (χ1v) is 9.18. The highest BCUT2D eigenvalue weighted by atomic mass is 127. The molecule has 1 fully saturated rings. The van der Waals surface area contributed by atoms with Crippen molar-refractivity contribution in [1.29, 1.82) is 0 Å². The number of rotatable bonds is 5. The first-order valence-electron chi connectivity index (χ1n) is 9.18. The molecule has 2 aromatic rings. The van der Waals surface area contributed by atoms with E-state index in [0.29, 0.717) is 50.3 Å². The van der Waals surface area contributed by atoms with Crippen LogP contribution < -0.4 is 15.5 Å². The summed E-state index contributed by atoms with van der Waals surface area (Å²) in [7, 11) is 3.31. The van der Waals surface area contributed by atoms with Gasteiger partial charge in [0.1, 0.15) is 12.2 Å². The highest BCUT2D eigenvalue weighted by molar-refractivity contribution is 14.0. The lowest BCUT2D eigenvalue weighted by molar-refractivity contribution is -0.138. The van der Waals surface area contributed by atoms with E-state index in [0.717, 1.165) is 0 Å². The molecule has 1 aliphatic heterocycles. The van der Waals surface area contributed by atoms with Gasteiger partial charge in [0.15, 0.2) is 5.96 Å². The summed E-state index contributed by atoms with van der Waals surface area (Å²) in [5.41, 5.74) is 0.0445. The summed E-state index contributed by atoms with van der Waals surface area (Å²) in [4.78, 5) is 10.0. The van der Waals surface area contributed by atoms with Gasteiger partial charge in [-0.3, -0.25) is 9.67 Å². The van der Waals surface area contributed by atoms with Gasteiger partial charge in [0.05, 0.1) is 25.3 Å². The Morgan fingerprint density at radius 3 is 2.50 bits per heavy atom. The average Bonchev–Trinajstić information content (AvgIpc) is 3.13. The summed E-state index contributed by atoms with van der Waals surface area (Å²) in [6.45, 7) is 2.51. The van der Waals surface area contributed by atoms with E-state index in [1.54, 1.807) is 24.8 Å². The number of alkyl halides is 3. The molecule has 1 aromatic carbocycles. The smallest absolute Gasteiger partial charge is 0.378 e. The normalized spacial score (nSPS) is 15.0. The minimum Gasteiger partial charge on any atom is -0.378 e. The van der Waals surface area contributed by atoms with E-state index in [4.69, 9.17) is 4.74 Å². The Kier molecular flexibility index (Phi) is 8.70. The van der Waals surface area contributed by atoms with E-state index in [-0.39, 0.29) is 36.1 Å². The molecule has 0 saturated carbocycles. The summed E-state index contributed by atoms with van der Waals surface area (Å²) >= 11 is 0. The van der Waals surface area contributed by atoms with Crippen LogP contribution in [0.4, 0.5) is 18.9 Å². The molecule has 0 atom stereocenters. The third-order valence-electron chi connectivity index (χ3n) is 4.66. The number of ether oxygens (including phenoxy) is 1. The number of aromatic nitrogens is 3. The number of hydrogen-bond donors (Lipinski definition) is 2. The lowest BCUT2D eigenvalue weighted by Gasteiger charge is -2.29. The van der Waals surface area contributed by atoms with Gasteiger partial charge in [-0.2, -0.15) is 18.3 Å². The van der Waals surface area contributed by atoms with Gasteiger partial charge < -0.3 is 20.3 Å². The number of aryl methyl sites for hydroxylation is 1. The van der Waals surface area contributed by atoms with Crippen LogP contribution in [0.5, 0.6) is 0 Å². The molecule has 8 nitrogen and oxygen atoms in total. The van der Waals surface area contributed by atoms with Gasteiger partial charge in [-0.1, -0.05) is 6.07 Å². The topological polar surface area (TPSA) is 79.6 Å². The van der Waals surface area contributed by atoms with Gasteiger partial charge in [-0.05, 0) is 17.7 Å². The number of benzene rings is 1. The zero-order valence-corrected chi connectivity index (χ0v) is 19.1. The second-order valence-corrected chi connectivity index (χ2v) is 6.52. The maximum absolute atomic E-state index is 13.6. The Hall–Kier alpha value is -2.09. The van der Waals surface area contributed by atoms with Gasteiger partial charge in [-0.25, -0.2) is 4.98 Å². The number of aliphatic imine (C=N–C) groups is 1. The predicted octanol–water partition coefficient (Wildman–Crippen LogP) is 2.15. The van der Waals surface area contributed by atoms with Crippen LogP contribution in [-0.2, 0) is 31.1 Å². The Morgan fingerprint density at radius 1 is 1.20 bits per heavy atom. The van der Waals surface area contributed by atoms with Crippen molar-refractivity contribution in [2.75, 3.05) is 38.3 Å². The summed E-state index contributed by atoms with van der Waals surface area (Å²) < 4.78 is 47.8. The molecule has 30 heavy (non-hydrogen) atoms. The third-order valence-corrected chi connectivity index (χ3v) is 4.66. The van der Waals surface area contributed by atoms with Gasteiger partial charge in [-0.15, -0.1) is 24.0 Å². The molecule has 12 heteroatoms. The Labute approximate surface area is 189 Å². The molecule has 0 bridgehead atoms.